The maximum absolute atomic E-state index is 12.2. The van der Waals surface area contributed by atoms with Crippen LogP contribution in [0.15, 0.2) is 23.1 Å². The van der Waals surface area contributed by atoms with E-state index in [0.29, 0.717) is 5.75 Å². The molecular formula is C12H15N3O5S. The molecule has 9 heteroatoms. The van der Waals surface area contributed by atoms with Crippen LogP contribution in [0.1, 0.15) is 6.42 Å². The third-order valence-corrected chi connectivity index (χ3v) is 4.66. The first kappa shape index (κ1) is 15.3. The monoisotopic (exact) mass is 313 g/mol. The molecular weight excluding hydrogens is 298 g/mol. The second kappa shape index (κ2) is 5.34. The molecule has 2 rings (SSSR count). The van der Waals surface area contributed by atoms with Crippen molar-refractivity contribution in [2.45, 2.75) is 17.4 Å². The van der Waals surface area contributed by atoms with E-state index in [2.05, 4.69) is 4.72 Å². The summed E-state index contributed by atoms with van der Waals surface area (Å²) in [5, 5.41) is 0. The van der Waals surface area contributed by atoms with E-state index in [4.69, 9.17) is 10.5 Å². The van der Waals surface area contributed by atoms with Crippen LogP contribution in [0, 0.1) is 0 Å². The molecule has 21 heavy (non-hydrogen) atoms. The van der Waals surface area contributed by atoms with Crippen molar-refractivity contribution in [1.82, 2.24) is 9.62 Å². The van der Waals surface area contributed by atoms with Crippen molar-refractivity contribution in [3.05, 3.63) is 18.2 Å². The van der Waals surface area contributed by atoms with Gasteiger partial charge in [0, 0.05) is 7.05 Å². The van der Waals surface area contributed by atoms with Gasteiger partial charge in [-0.3, -0.25) is 14.5 Å². The van der Waals surface area contributed by atoms with Gasteiger partial charge in [0.05, 0.1) is 24.1 Å². The molecule has 1 saturated heterocycles. The van der Waals surface area contributed by atoms with E-state index in [9.17, 15) is 18.0 Å². The molecule has 0 aliphatic carbocycles. The summed E-state index contributed by atoms with van der Waals surface area (Å²) in [4.78, 5) is 23.9. The molecule has 0 aromatic heterocycles. The lowest BCUT2D eigenvalue weighted by molar-refractivity contribution is -0.137. The van der Waals surface area contributed by atoms with Gasteiger partial charge >= 0.3 is 0 Å². The predicted molar refractivity (Wildman–Crippen MR) is 73.9 cm³/mol. The van der Waals surface area contributed by atoms with Crippen LogP contribution < -0.4 is 15.2 Å². The summed E-state index contributed by atoms with van der Waals surface area (Å²) in [5.74, 6) is -0.659. The van der Waals surface area contributed by atoms with Gasteiger partial charge in [0.25, 0.3) is 0 Å². The van der Waals surface area contributed by atoms with Gasteiger partial charge in [-0.05, 0) is 18.2 Å². The first-order valence-corrected chi connectivity index (χ1v) is 7.51. The molecule has 1 atom stereocenters. The number of nitrogens with zero attached hydrogens (tertiary/aromatic N) is 1. The zero-order valence-corrected chi connectivity index (χ0v) is 12.3. The van der Waals surface area contributed by atoms with Crippen molar-refractivity contribution in [2.24, 2.45) is 0 Å². The van der Waals surface area contributed by atoms with Gasteiger partial charge in [0.2, 0.25) is 21.8 Å². The Kier molecular flexibility index (Phi) is 3.88. The number of hydrogen-bond acceptors (Lipinski definition) is 6. The molecule has 2 amide bonds. The lowest BCUT2D eigenvalue weighted by Crippen LogP contribution is -2.40. The fourth-order valence-electron chi connectivity index (χ4n) is 1.98. The third-order valence-electron chi connectivity index (χ3n) is 3.19. The summed E-state index contributed by atoms with van der Waals surface area (Å²) in [6.45, 7) is 0. The number of anilines is 1. The zero-order valence-electron chi connectivity index (χ0n) is 11.5. The number of ether oxygens (including phenoxy) is 1. The highest BCUT2D eigenvalue weighted by atomic mass is 32.2. The molecule has 1 aliphatic heterocycles. The first-order valence-electron chi connectivity index (χ1n) is 6.02. The summed E-state index contributed by atoms with van der Waals surface area (Å²) in [7, 11) is -1.23. The summed E-state index contributed by atoms with van der Waals surface area (Å²) in [6.07, 6.45) is -0.194. The number of likely N-dealkylation sites (tertiary alicyclic amines) is 1. The molecule has 0 radical (unpaired) electrons. The van der Waals surface area contributed by atoms with Crippen molar-refractivity contribution < 1.29 is 22.7 Å². The SMILES string of the molecule is COc1ccc(S(=O)(=O)NC2CC(=O)N(C)C2=O)cc1N. The van der Waals surface area contributed by atoms with E-state index in [-0.39, 0.29) is 17.0 Å². The fraction of sp³-hybridized carbons (Fsp3) is 0.333. The quantitative estimate of drug-likeness (QED) is 0.561. The Morgan fingerprint density at radius 1 is 1.38 bits per heavy atom. The Morgan fingerprint density at radius 3 is 2.52 bits per heavy atom. The van der Waals surface area contributed by atoms with E-state index in [1.165, 1.54) is 32.4 Å². The number of rotatable bonds is 4. The van der Waals surface area contributed by atoms with Gasteiger partial charge in [0.15, 0.2) is 0 Å². The van der Waals surface area contributed by atoms with E-state index < -0.39 is 27.9 Å². The largest absolute Gasteiger partial charge is 0.495 e. The minimum absolute atomic E-state index is 0.101. The molecule has 1 unspecified atom stereocenters. The highest BCUT2D eigenvalue weighted by molar-refractivity contribution is 7.89. The predicted octanol–water partition coefficient (Wildman–Crippen LogP) is -0.687. The molecule has 1 aromatic rings. The molecule has 0 bridgehead atoms. The number of carbonyl (C=O) groups excluding carboxylic acids is 2. The van der Waals surface area contributed by atoms with E-state index in [0.717, 1.165) is 4.90 Å². The third kappa shape index (κ3) is 2.83. The van der Waals surface area contributed by atoms with Gasteiger partial charge < -0.3 is 10.5 Å². The van der Waals surface area contributed by atoms with Gasteiger partial charge in [0.1, 0.15) is 11.8 Å². The lowest BCUT2D eigenvalue weighted by Gasteiger charge is -2.13. The van der Waals surface area contributed by atoms with Crippen LogP contribution >= 0.6 is 0 Å². The first-order chi connectivity index (χ1) is 9.76. The summed E-state index contributed by atoms with van der Waals surface area (Å²) in [6, 6.07) is 2.86. The summed E-state index contributed by atoms with van der Waals surface area (Å²) in [5.41, 5.74) is 5.82. The van der Waals surface area contributed by atoms with Gasteiger partial charge in [-0.15, -0.1) is 0 Å². The van der Waals surface area contributed by atoms with Gasteiger partial charge in [-0.1, -0.05) is 0 Å². The second-order valence-electron chi connectivity index (χ2n) is 4.57. The Balaban J connectivity index is 2.25. The van der Waals surface area contributed by atoms with Crippen LogP contribution in [0.3, 0.4) is 0 Å². The molecule has 3 N–H and O–H groups in total. The maximum atomic E-state index is 12.2. The number of nitrogen functional groups attached to an aromatic ring is 1. The molecule has 0 saturated carbocycles. The van der Waals surface area contributed by atoms with Crippen molar-refractivity contribution in [3.63, 3.8) is 0 Å². The molecule has 1 aliphatic rings. The minimum atomic E-state index is -3.96. The Morgan fingerprint density at radius 2 is 2.05 bits per heavy atom. The molecule has 1 fully saturated rings. The minimum Gasteiger partial charge on any atom is -0.495 e. The highest BCUT2D eigenvalue weighted by Crippen LogP contribution is 2.25. The Hall–Kier alpha value is -2.13. The number of nitrogens with two attached hydrogens (primary N) is 1. The van der Waals surface area contributed by atoms with Crippen LogP contribution in [0.25, 0.3) is 0 Å². The number of likely N-dealkylation sites (N-methyl/N-ethyl adjacent to an activating group) is 1. The van der Waals surface area contributed by atoms with Gasteiger partial charge in [-0.25, -0.2) is 8.42 Å². The molecule has 0 spiro atoms. The number of benzene rings is 1. The van der Waals surface area contributed by atoms with E-state index >= 15 is 0 Å². The second-order valence-corrected chi connectivity index (χ2v) is 6.29. The smallest absolute Gasteiger partial charge is 0.247 e. The average Bonchev–Trinajstić information content (AvgIpc) is 2.65. The van der Waals surface area contributed by atoms with Crippen molar-refractivity contribution in [2.75, 3.05) is 19.9 Å². The van der Waals surface area contributed by atoms with Crippen molar-refractivity contribution >= 4 is 27.5 Å². The van der Waals surface area contributed by atoms with Crippen molar-refractivity contribution in [1.29, 1.82) is 0 Å². The number of carbonyl (C=O) groups is 2. The zero-order chi connectivity index (χ0) is 15.8. The molecule has 1 heterocycles. The highest BCUT2D eigenvalue weighted by Gasteiger charge is 2.38. The normalized spacial score (nSPS) is 19.1. The van der Waals surface area contributed by atoms with Crippen LogP contribution in [0.4, 0.5) is 5.69 Å². The lowest BCUT2D eigenvalue weighted by atomic mass is 10.3. The number of methoxy groups -OCH3 is 1. The van der Waals surface area contributed by atoms with Crippen LogP contribution in [-0.2, 0) is 19.6 Å². The number of imide groups is 1. The number of amides is 2. The summed E-state index contributed by atoms with van der Waals surface area (Å²) >= 11 is 0. The van der Waals surface area contributed by atoms with E-state index in [1.54, 1.807) is 0 Å². The maximum Gasteiger partial charge on any atom is 0.247 e. The molecule has 114 valence electrons. The van der Waals surface area contributed by atoms with Crippen LogP contribution in [-0.4, -0.2) is 45.3 Å². The van der Waals surface area contributed by atoms with E-state index in [1.807, 2.05) is 0 Å². The Bertz CT molecular complexity index is 701. The molecule has 1 aromatic carbocycles. The number of sulfonamides is 1. The standard InChI is InChI=1S/C12H15N3O5S/c1-15-11(16)6-9(12(15)17)14-21(18,19)7-3-4-10(20-2)8(13)5-7/h3-5,9,14H,6,13H2,1-2H3. The fourth-order valence-corrected chi connectivity index (χ4v) is 3.21. The number of nitrogens with one attached hydrogen (secondary N) is 1. The topological polar surface area (TPSA) is 119 Å². The number of hydrogen-bond donors (Lipinski definition) is 2. The Labute approximate surface area is 121 Å². The van der Waals surface area contributed by atoms with Gasteiger partial charge in [-0.2, -0.15) is 4.72 Å². The average molecular weight is 313 g/mol. The van der Waals surface area contributed by atoms with Crippen LogP contribution in [0.5, 0.6) is 5.75 Å². The summed E-state index contributed by atoms with van der Waals surface area (Å²) < 4.78 is 31.6. The van der Waals surface area contributed by atoms with Crippen molar-refractivity contribution in [3.8, 4) is 5.75 Å². The molecule has 8 nitrogen and oxygen atoms in total. The van der Waals surface area contributed by atoms with Crippen LogP contribution in [0.2, 0.25) is 0 Å².